The zero-order chi connectivity index (χ0) is 16.1. The van der Waals surface area contributed by atoms with E-state index in [9.17, 15) is 14.9 Å². The first-order valence-corrected chi connectivity index (χ1v) is 7.12. The summed E-state index contributed by atoms with van der Waals surface area (Å²) in [5.41, 5.74) is 2.42. The van der Waals surface area contributed by atoms with Gasteiger partial charge in [-0.15, -0.1) is 11.6 Å². The largest absolute Gasteiger partial charge is 0.465 e. The first-order chi connectivity index (χ1) is 10.5. The van der Waals surface area contributed by atoms with Crippen molar-refractivity contribution in [2.24, 2.45) is 0 Å². The Morgan fingerprint density at radius 3 is 2.09 bits per heavy atom. The number of carbonyl (C=O) groups is 1. The highest BCUT2D eigenvalue weighted by atomic mass is 35.5. The van der Waals surface area contributed by atoms with E-state index in [-0.39, 0.29) is 12.3 Å². The minimum absolute atomic E-state index is 0.0449. The number of non-ortho nitro benzene ring substituents is 1. The van der Waals surface area contributed by atoms with Gasteiger partial charge in [-0.1, -0.05) is 24.3 Å². The van der Waals surface area contributed by atoms with E-state index >= 15 is 0 Å². The van der Waals surface area contributed by atoms with E-state index in [1.54, 1.807) is 31.2 Å². The second-order valence-electron chi connectivity index (χ2n) is 4.54. The third-order valence-corrected chi connectivity index (χ3v) is 3.54. The van der Waals surface area contributed by atoms with Gasteiger partial charge in [0.05, 0.1) is 11.5 Å². The Bertz CT molecular complexity index is 668. The Labute approximate surface area is 132 Å². The Morgan fingerprint density at radius 1 is 1.14 bits per heavy atom. The van der Waals surface area contributed by atoms with Gasteiger partial charge in [0.2, 0.25) is 0 Å². The van der Waals surface area contributed by atoms with Gasteiger partial charge in [-0.2, -0.15) is 0 Å². The van der Waals surface area contributed by atoms with Crippen LogP contribution in [-0.4, -0.2) is 17.5 Å². The molecule has 0 radical (unpaired) electrons. The number of esters is 1. The zero-order valence-corrected chi connectivity index (χ0v) is 12.6. The number of benzene rings is 2. The summed E-state index contributed by atoms with van der Waals surface area (Å²) < 4.78 is 4.87. The summed E-state index contributed by atoms with van der Waals surface area (Å²) in [6.45, 7) is 2.00. The second-order valence-corrected chi connectivity index (χ2v) is 4.98. The molecule has 0 amide bonds. The van der Waals surface area contributed by atoms with Crippen LogP contribution in [-0.2, 0) is 9.53 Å². The fourth-order valence-electron chi connectivity index (χ4n) is 1.97. The smallest absolute Gasteiger partial charge is 0.328 e. The number of nitrogens with zero attached hydrogens (tertiary/aromatic N) is 1. The van der Waals surface area contributed by atoms with Gasteiger partial charge in [0.25, 0.3) is 5.69 Å². The fraction of sp³-hybridized carbons (Fsp3) is 0.188. The summed E-state index contributed by atoms with van der Waals surface area (Å²) >= 11 is 6.04. The molecule has 1 unspecified atom stereocenters. The molecule has 2 aromatic rings. The van der Waals surface area contributed by atoms with Gasteiger partial charge in [0.1, 0.15) is 0 Å². The van der Waals surface area contributed by atoms with Crippen LogP contribution >= 0.6 is 11.6 Å². The molecule has 0 saturated carbocycles. The highest BCUT2D eigenvalue weighted by molar-refractivity contribution is 6.29. The highest BCUT2D eigenvalue weighted by Crippen LogP contribution is 2.27. The lowest BCUT2D eigenvalue weighted by Gasteiger charge is -2.10. The van der Waals surface area contributed by atoms with Crippen LogP contribution in [0.2, 0.25) is 0 Å². The topological polar surface area (TPSA) is 69.4 Å². The number of hydrogen-bond acceptors (Lipinski definition) is 4. The van der Waals surface area contributed by atoms with Crippen LogP contribution in [0, 0.1) is 10.1 Å². The van der Waals surface area contributed by atoms with Crippen LogP contribution in [0.5, 0.6) is 0 Å². The molecule has 0 fully saturated rings. The van der Waals surface area contributed by atoms with Crippen LogP contribution in [0.4, 0.5) is 5.69 Å². The molecule has 2 aromatic carbocycles. The molecule has 22 heavy (non-hydrogen) atoms. The molecule has 0 aliphatic heterocycles. The van der Waals surface area contributed by atoms with Gasteiger partial charge < -0.3 is 4.74 Å². The van der Waals surface area contributed by atoms with E-state index in [4.69, 9.17) is 16.3 Å². The Balaban J connectivity index is 2.18. The average Bonchev–Trinajstić information content (AvgIpc) is 2.54. The maximum absolute atomic E-state index is 11.6. The van der Waals surface area contributed by atoms with Gasteiger partial charge in [0.15, 0.2) is 5.38 Å². The number of ether oxygens (including phenoxy) is 1. The van der Waals surface area contributed by atoms with Gasteiger partial charge in [-0.05, 0) is 35.7 Å². The van der Waals surface area contributed by atoms with Gasteiger partial charge in [-0.25, -0.2) is 0 Å². The van der Waals surface area contributed by atoms with Crippen molar-refractivity contribution in [2.45, 2.75) is 12.3 Å². The molecule has 0 saturated heterocycles. The lowest BCUT2D eigenvalue weighted by molar-refractivity contribution is -0.384. The minimum atomic E-state index is -0.842. The van der Waals surface area contributed by atoms with E-state index in [1.807, 2.05) is 12.1 Å². The molecule has 0 spiro atoms. The normalized spacial score (nSPS) is 11.7. The van der Waals surface area contributed by atoms with Gasteiger partial charge in [-0.3, -0.25) is 14.9 Å². The summed E-state index contributed by atoms with van der Waals surface area (Å²) in [6.07, 6.45) is 0. The van der Waals surface area contributed by atoms with Crippen molar-refractivity contribution < 1.29 is 14.5 Å². The molecule has 2 rings (SSSR count). The molecular weight excluding hydrogens is 306 g/mol. The van der Waals surface area contributed by atoms with Crippen molar-refractivity contribution >= 4 is 23.3 Å². The SMILES string of the molecule is CCOC(=O)C(Cl)c1ccc(-c2ccc([N+](=O)[O-])cc2)cc1. The summed E-state index contributed by atoms with van der Waals surface area (Å²) in [7, 11) is 0. The van der Waals surface area contributed by atoms with Crippen LogP contribution < -0.4 is 0 Å². The van der Waals surface area contributed by atoms with Crippen molar-refractivity contribution in [1.82, 2.24) is 0 Å². The lowest BCUT2D eigenvalue weighted by atomic mass is 10.0. The quantitative estimate of drug-likeness (QED) is 0.360. The summed E-state index contributed by atoms with van der Waals surface area (Å²) in [6, 6.07) is 13.4. The summed E-state index contributed by atoms with van der Waals surface area (Å²) in [4.78, 5) is 21.8. The van der Waals surface area contributed by atoms with E-state index < -0.39 is 16.3 Å². The van der Waals surface area contributed by atoms with Gasteiger partial charge in [0, 0.05) is 12.1 Å². The van der Waals surface area contributed by atoms with Gasteiger partial charge >= 0.3 is 5.97 Å². The van der Waals surface area contributed by atoms with E-state index in [0.717, 1.165) is 11.1 Å². The van der Waals surface area contributed by atoms with Crippen molar-refractivity contribution in [3.05, 3.63) is 64.2 Å². The van der Waals surface area contributed by atoms with Crippen LogP contribution in [0.1, 0.15) is 17.9 Å². The van der Waals surface area contributed by atoms with E-state index in [2.05, 4.69) is 0 Å². The van der Waals surface area contributed by atoms with Crippen LogP contribution in [0.3, 0.4) is 0 Å². The molecule has 0 heterocycles. The predicted octanol–water partition coefficient (Wildman–Crippen LogP) is 4.10. The number of alkyl halides is 1. The van der Waals surface area contributed by atoms with Crippen LogP contribution in [0.25, 0.3) is 11.1 Å². The first kappa shape index (κ1) is 16.0. The van der Waals surface area contributed by atoms with Crippen molar-refractivity contribution in [2.75, 3.05) is 6.61 Å². The monoisotopic (exact) mass is 319 g/mol. The molecule has 0 bridgehead atoms. The summed E-state index contributed by atoms with van der Waals surface area (Å²) in [5, 5.41) is 9.79. The highest BCUT2D eigenvalue weighted by Gasteiger charge is 2.18. The number of rotatable bonds is 5. The van der Waals surface area contributed by atoms with Crippen molar-refractivity contribution in [3.8, 4) is 11.1 Å². The van der Waals surface area contributed by atoms with E-state index in [0.29, 0.717) is 5.56 Å². The molecule has 0 aromatic heterocycles. The number of hydrogen-bond donors (Lipinski definition) is 0. The van der Waals surface area contributed by atoms with Crippen molar-refractivity contribution in [3.63, 3.8) is 0 Å². The Kier molecular flexibility index (Phi) is 5.12. The summed E-state index contributed by atoms with van der Waals surface area (Å²) in [5.74, 6) is -0.479. The second kappa shape index (κ2) is 7.04. The number of carbonyl (C=O) groups excluding carboxylic acids is 1. The number of nitro benzene ring substituents is 1. The molecular formula is C16H14ClNO4. The maximum Gasteiger partial charge on any atom is 0.328 e. The molecule has 5 nitrogen and oxygen atoms in total. The molecule has 1 atom stereocenters. The Hall–Kier alpha value is -2.40. The average molecular weight is 320 g/mol. The lowest BCUT2D eigenvalue weighted by Crippen LogP contribution is -2.10. The minimum Gasteiger partial charge on any atom is -0.465 e. The molecule has 0 aliphatic rings. The fourth-order valence-corrected chi connectivity index (χ4v) is 2.18. The third kappa shape index (κ3) is 3.62. The molecule has 114 valence electrons. The predicted molar refractivity (Wildman–Crippen MR) is 83.8 cm³/mol. The molecule has 0 aliphatic carbocycles. The number of halogens is 1. The standard InChI is InChI=1S/C16H14ClNO4/c1-2-22-16(19)15(17)13-5-3-11(4-6-13)12-7-9-14(10-8-12)18(20)21/h3-10,15H,2H2,1H3. The Morgan fingerprint density at radius 2 is 1.64 bits per heavy atom. The molecule has 6 heteroatoms. The maximum atomic E-state index is 11.6. The van der Waals surface area contributed by atoms with E-state index in [1.165, 1.54) is 12.1 Å². The zero-order valence-electron chi connectivity index (χ0n) is 11.9. The third-order valence-electron chi connectivity index (χ3n) is 3.11. The number of nitro groups is 1. The molecule has 0 N–H and O–H groups in total. The first-order valence-electron chi connectivity index (χ1n) is 6.68. The van der Waals surface area contributed by atoms with Crippen molar-refractivity contribution in [1.29, 1.82) is 0 Å². The van der Waals surface area contributed by atoms with Crippen LogP contribution in [0.15, 0.2) is 48.5 Å².